The van der Waals surface area contributed by atoms with Crippen LogP contribution < -0.4 is 11.2 Å². The van der Waals surface area contributed by atoms with Crippen LogP contribution in [0.1, 0.15) is 6.23 Å². The first-order valence-electron chi connectivity index (χ1n) is 6.81. The second kappa shape index (κ2) is 5.39. The van der Waals surface area contributed by atoms with Gasteiger partial charge in [0.25, 0.3) is 5.56 Å². The minimum atomic E-state index is -1.65. The third kappa shape index (κ3) is 2.02. The van der Waals surface area contributed by atoms with Crippen molar-refractivity contribution in [2.24, 2.45) is 14.1 Å². The minimum absolute atomic E-state index is 0.0146. The first kappa shape index (κ1) is 16.1. The summed E-state index contributed by atoms with van der Waals surface area (Å²) in [5.74, 6) is -3.70. The molecule has 0 bridgehead atoms. The molecule has 11 heteroatoms. The van der Waals surface area contributed by atoms with Gasteiger partial charge in [-0.25, -0.2) is 9.78 Å². The molecule has 2 aromatic heterocycles. The molecule has 1 aliphatic rings. The highest BCUT2D eigenvalue weighted by molar-refractivity contribution is 5.97. The van der Waals surface area contributed by atoms with Crippen molar-refractivity contribution in [1.29, 1.82) is 0 Å². The van der Waals surface area contributed by atoms with Crippen molar-refractivity contribution in [2.75, 3.05) is 6.61 Å². The second-order valence-corrected chi connectivity index (χ2v) is 5.25. The van der Waals surface area contributed by atoms with Crippen LogP contribution in [-0.2, 0) is 23.6 Å². The van der Waals surface area contributed by atoms with Crippen LogP contribution in [0.2, 0.25) is 0 Å². The molecule has 0 aliphatic carbocycles. The van der Waals surface area contributed by atoms with Crippen molar-refractivity contribution >= 4 is 16.9 Å². The second-order valence-electron chi connectivity index (χ2n) is 5.25. The first-order chi connectivity index (χ1) is 11.3. The van der Waals surface area contributed by atoms with E-state index in [-0.39, 0.29) is 11.2 Å². The number of hydrogen-bond donors (Lipinski definition) is 2. The average molecular weight is 340 g/mol. The number of aromatic nitrogens is 4. The van der Waals surface area contributed by atoms with Crippen molar-refractivity contribution in [3.63, 3.8) is 0 Å². The van der Waals surface area contributed by atoms with Crippen molar-refractivity contribution < 1.29 is 24.1 Å². The summed E-state index contributed by atoms with van der Waals surface area (Å²) in [4.78, 5) is 40.2. The van der Waals surface area contributed by atoms with Crippen molar-refractivity contribution in [1.82, 2.24) is 18.7 Å². The van der Waals surface area contributed by atoms with Gasteiger partial charge in [0.15, 0.2) is 16.9 Å². The highest BCUT2D eigenvalue weighted by Crippen LogP contribution is 2.29. The molecule has 0 saturated heterocycles. The van der Waals surface area contributed by atoms with Gasteiger partial charge in [0.1, 0.15) is 12.4 Å². The molecule has 0 fully saturated rings. The lowest BCUT2D eigenvalue weighted by Crippen LogP contribution is -2.40. The van der Waals surface area contributed by atoms with Crippen LogP contribution >= 0.6 is 0 Å². The maximum atomic E-state index is 13.9. The average Bonchev–Trinajstić information content (AvgIpc) is 3.01. The summed E-state index contributed by atoms with van der Waals surface area (Å²) in [6.45, 7) is -0.772. The maximum Gasteiger partial charge on any atom is 0.332 e. The van der Waals surface area contributed by atoms with Crippen molar-refractivity contribution in [3.8, 4) is 0 Å². The minimum Gasteiger partial charge on any atom is -0.506 e. The Hall–Kier alpha value is -2.79. The smallest absolute Gasteiger partial charge is 0.332 e. The Morgan fingerprint density at radius 1 is 1.29 bits per heavy atom. The zero-order valence-electron chi connectivity index (χ0n) is 12.6. The Kier molecular flexibility index (Phi) is 3.61. The van der Waals surface area contributed by atoms with Gasteiger partial charge in [0, 0.05) is 14.1 Å². The van der Waals surface area contributed by atoms with Gasteiger partial charge in [-0.1, -0.05) is 0 Å². The molecule has 128 valence electrons. The molecule has 24 heavy (non-hydrogen) atoms. The molecule has 3 heterocycles. The molecule has 0 saturated carbocycles. The fourth-order valence-corrected chi connectivity index (χ4v) is 2.52. The van der Waals surface area contributed by atoms with Gasteiger partial charge in [-0.05, 0) is 0 Å². The summed E-state index contributed by atoms with van der Waals surface area (Å²) < 4.78 is 21.9. The van der Waals surface area contributed by atoms with E-state index in [1.807, 2.05) is 0 Å². The van der Waals surface area contributed by atoms with Gasteiger partial charge in [0.2, 0.25) is 17.8 Å². The predicted molar refractivity (Wildman–Crippen MR) is 77.0 cm³/mol. The van der Waals surface area contributed by atoms with Crippen molar-refractivity contribution in [2.45, 2.75) is 12.3 Å². The largest absolute Gasteiger partial charge is 0.506 e. The van der Waals surface area contributed by atoms with Crippen LogP contribution in [0.4, 0.5) is 4.39 Å². The molecule has 3 rings (SSSR count). The van der Waals surface area contributed by atoms with E-state index in [0.717, 1.165) is 20.0 Å². The molecule has 0 radical (unpaired) electrons. The molecule has 0 amide bonds. The number of ketones is 1. The number of rotatable bonds is 2. The van der Waals surface area contributed by atoms with Crippen LogP contribution in [0, 0.1) is 0 Å². The molecular formula is C13H13FN4O6. The lowest BCUT2D eigenvalue weighted by molar-refractivity contribution is -0.147. The first-order valence-corrected chi connectivity index (χ1v) is 6.81. The molecule has 2 N–H and O–H groups in total. The third-order valence-corrected chi connectivity index (χ3v) is 3.86. The number of aliphatic hydroxyl groups is 2. The van der Waals surface area contributed by atoms with Gasteiger partial charge in [-0.2, -0.15) is 4.39 Å². The van der Waals surface area contributed by atoms with Crippen LogP contribution in [0.25, 0.3) is 11.2 Å². The molecule has 0 spiro atoms. The van der Waals surface area contributed by atoms with Gasteiger partial charge in [-0.3, -0.25) is 23.3 Å². The highest BCUT2D eigenvalue weighted by Gasteiger charge is 2.39. The molecule has 10 nitrogen and oxygen atoms in total. The van der Waals surface area contributed by atoms with Gasteiger partial charge in [-0.15, -0.1) is 0 Å². The summed E-state index contributed by atoms with van der Waals surface area (Å²) in [6, 6.07) is 0. The van der Waals surface area contributed by atoms with Gasteiger partial charge < -0.3 is 14.9 Å². The fourth-order valence-electron chi connectivity index (χ4n) is 2.52. The Balaban J connectivity index is 2.27. The number of aryl methyl sites for hydroxylation is 1. The highest BCUT2D eigenvalue weighted by atomic mass is 19.1. The van der Waals surface area contributed by atoms with E-state index >= 15 is 0 Å². The third-order valence-electron chi connectivity index (χ3n) is 3.86. The molecule has 1 aliphatic heterocycles. The summed E-state index contributed by atoms with van der Waals surface area (Å²) in [5, 5.41) is 18.6. The molecule has 0 aromatic carbocycles. The number of nitrogens with zero attached hydrogens (tertiary/aromatic N) is 4. The standard InChI is InChI=1S/C13H13FN4O6/c1-16-10-7(11(22)17(2)13(16)23)18(4-15-10)12-9(21)6(14)8(20)5(3-19)24-12/h4-5,12,19-20H,3H2,1-2H3/t5-,12-/m1/s1. The normalized spacial score (nSPS) is 21.8. The maximum absolute atomic E-state index is 13.9. The summed E-state index contributed by atoms with van der Waals surface area (Å²) in [5.41, 5.74) is -1.53. The van der Waals surface area contributed by atoms with E-state index in [9.17, 15) is 23.9 Å². The zero-order valence-corrected chi connectivity index (χ0v) is 12.6. The SMILES string of the molecule is Cn1c(=O)c2c(ncn2[C@@H]2O[C@H](CO)C(O)=C(F)C2=O)n(C)c1=O. The molecule has 2 atom stereocenters. The van der Waals surface area contributed by atoms with Crippen LogP contribution in [-0.4, -0.2) is 47.4 Å². The van der Waals surface area contributed by atoms with E-state index < -0.39 is 47.6 Å². The zero-order chi connectivity index (χ0) is 17.8. The number of halogens is 1. The van der Waals surface area contributed by atoms with Crippen LogP contribution in [0.3, 0.4) is 0 Å². The van der Waals surface area contributed by atoms with E-state index in [4.69, 9.17) is 9.84 Å². The number of imidazole rings is 1. The lowest BCUT2D eigenvalue weighted by atomic mass is 10.1. The summed E-state index contributed by atoms with van der Waals surface area (Å²) in [7, 11) is 2.63. The summed E-state index contributed by atoms with van der Waals surface area (Å²) >= 11 is 0. The number of Topliss-reactive ketones (excluding diaryl/α,β-unsaturated/α-hetero) is 1. The monoisotopic (exact) mass is 340 g/mol. The van der Waals surface area contributed by atoms with Crippen molar-refractivity contribution in [3.05, 3.63) is 38.8 Å². The number of ether oxygens (including phenoxy) is 1. The predicted octanol–water partition coefficient (Wildman–Crippen LogP) is -1.37. The Morgan fingerprint density at radius 2 is 1.96 bits per heavy atom. The van der Waals surface area contributed by atoms with E-state index in [0.29, 0.717) is 0 Å². The lowest BCUT2D eigenvalue weighted by Gasteiger charge is -2.27. The van der Waals surface area contributed by atoms with E-state index in [2.05, 4.69) is 4.98 Å². The Morgan fingerprint density at radius 3 is 2.58 bits per heavy atom. The number of hydrogen-bond acceptors (Lipinski definition) is 7. The van der Waals surface area contributed by atoms with E-state index in [1.165, 1.54) is 14.1 Å². The molecule has 0 unspecified atom stereocenters. The molecular weight excluding hydrogens is 327 g/mol. The Bertz CT molecular complexity index is 1000. The van der Waals surface area contributed by atoms with Crippen LogP contribution in [0.15, 0.2) is 27.5 Å². The number of aliphatic hydroxyl groups excluding tert-OH is 2. The van der Waals surface area contributed by atoms with Crippen LogP contribution in [0.5, 0.6) is 0 Å². The topological polar surface area (TPSA) is 129 Å². The number of carbonyl (C=O) groups is 1. The van der Waals surface area contributed by atoms with Gasteiger partial charge >= 0.3 is 5.69 Å². The summed E-state index contributed by atoms with van der Waals surface area (Å²) in [6.07, 6.45) is -2.05. The molecule has 2 aromatic rings. The Labute approximate surface area is 132 Å². The quantitative estimate of drug-likeness (QED) is 0.690. The fraction of sp³-hybridized carbons (Fsp3) is 0.385. The number of carbonyl (C=O) groups excluding carboxylic acids is 1. The van der Waals surface area contributed by atoms with E-state index in [1.54, 1.807) is 0 Å². The van der Waals surface area contributed by atoms with Gasteiger partial charge in [0.05, 0.1) is 6.61 Å². The number of fused-ring (bicyclic) bond motifs is 1.